The molecular formula is C31H38N4O5. The monoisotopic (exact) mass is 546 g/mol. The molecule has 4 amide bonds. The van der Waals surface area contributed by atoms with Gasteiger partial charge in [0.2, 0.25) is 17.7 Å². The fraction of sp³-hybridized carbons (Fsp3) is 0.484. The van der Waals surface area contributed by atoms with E-state index in [-0.39, 0.29) is 41.9 Å². The Bertz CT molecular complexity index is 1220. The number of nitrogens with zero attached hydrogens (tertiary/aromatic N) is 2. The zero-order valence-corrected chi connectivity index (χ0v) is 22.9. The molecule has 1 unspecified atom stereocenters. The van der Waals surface area contributed by atoms with Crippen LogP contribution in [-0.4, -0.2) is 72.8 Å². The summed E-state index contributed by atoms with van der Waals surface area (Å²) in [5, 5.41) is 5.87. The highest BCUT2D eigenvalue weighted by molar-refractivity contribution is 5.97. The molecule has 0 radical (unpaired) electrons. The van der Waals surface area contributed by atoms with E-state index in [1.807, 2.05) is 29.2 Å². The summed E-state index contributed by atoms with van der Waals surface area (Å²) in [7, 11) is 0. The van der Waals surface area contributed by atoms with E-state index in [2.05, 4.69) is 10.6 Å². The van der Waals surface area contributed by atoms with Crippen molar-refractivity contribution in [3.63, 3.8) is 0 Å². The van der Waals surface area contributed by atoms with Crippen molar-refractivity contribution in [2.24, 2.45) is 11.8 Å². The summed E-state index contributed by atoms with van der Waals surface area (Å²) < 4.78 is 5.30. The Labute approximate surface area is 235 Å². The average molecular weight is 547 g/mol. The molecule has 2 heterocycles. The number of piperidine rings is 1. The van der Waals surface area contributed by atoms with Gasteiger partial charge in [0.05, 0.1) is 25.6 Å². The van der Waals surface area contributed by atoms with Crippen LogP contribution in [0.2, 0.25) is 0 Å². The predicted molar refractivity (Wildman–Crippen MR) is 152 cm³/mol. The topological polar surface area (TPSA) is 108 Å². The first-order valence-electron chi connectivity index (χ1n) is 14.4. The summed E-state index contributed by atoms with van der Waals surface area (Å²) in [6, 6.07) is 14.2. The minimum atomic E-state index is -0.232. The van der Waals surface area contributed by atoms with Gasteiger partial charge in [-0.15, -0.1) is 0 Å². The van der Waals surface area contributed by atoms with Gasteiger partial charge < -0.3 is 25.2 Å². The molecule has 0 spiro atoms. The molecule has 3 fully saturated rings. The predicted octanol–water partition coefficient (Wildman–Crippen LogP) is 3.71. The highest BCUT2D eigenvalue weighted by Crippen LogP contribution is 2.29. The minimum absolute atomic E-state index is 0.0404. The van der Waals surface area contributed by atoms with Gasteiger partial charge >= 0.3 is 0 Å². The lowest BCUT2D eigenvalue weighted by molar-refractivity contribution is -0.138. The first-order valence-corrected chi connectivity index (χ1v) is 14.4. The molecule has 1 saturated carbocycles. The van der Waals surface area contributed by atoms with E-state index >= 15 is 0 Å². The number of hydrogen-bond donors (Lipinski definition) is 2. The number of likely N-dealkylation sites (tertiary alicyclic amines) is 1. The van der Waals surface area contributed by atoms with Crippen LogP contribution in [0.1, 0.15) is 54.4 Å². The lowest BCUT2D eigenvalue weighted by atomic mass is 9.95. The fourth-order valence-electron chi connectivity index (χ4n) is 5.86. The molecule has 5 rings (SSSR count). The summed E-state index contributed by atoms with van der Waals surface area (Å²) >= 11 is 0. The summed E-state index contributed by atoms with van der Waals surface area (Å²) in [6.45, 7) is 3.46. The van der Waals surface area contributed by atoms with Crippen LogP contribution >= 0.6 is 0 Å². The van der Waals surface area contributed by atoms with Crippen LogP contribution in [0.4, 0.5) is 11.4 Å². The van der Waals surface area contributed by atoms with Crippen LogP contribution in [0, 0.1) is 11.8 Å². The van der Waals surface area contributed by atoms with Gasteiger partial charge in [0.25, 0.3) is 5.91 Å². The van der Waals surface area contributed by atoms with Crippen molar-refractivity contribution in [1.82, 2.24) is 9.80 Å². The minimum Gasteiger partial charge on any atom is -0.378 e. The number of hydrogen-bond acceptors (Lipinski definition) is 5. The Morgan fingerprint density at radius 1 is 0.775 bits per heavy atom. The zero-order chi connectivity index (χ0) is 27.9. The van der Waals surface area contributed by atoms with Crippen molar-refractivity contribution in [1.29, 1.82) is 0 Å². The van der Waals surface area contributed by atoms with Crippen molar-refractivity contribution < 1.29 is 23.9 Å². The quantitative estimate of drug-likeness (QED) is 0.551. The van der Waals surface area contributed by atoms with E-state index in [0.29, 0.717) is 49.8 Å². The van der Waals surface area contributed by atoms with Crippen LogP contribution in [0.15, 0.2) is 48.5 Å². The standard InChI is InChI=1S/C31H38N4O5/c36-28(32-26-12-10-24(11-13-26)30(38)34-15-17-40-18-16-34)20-22-5-3-9-27(19-22)33-29(37)25-8-4-14-35(21-25)31(39)23-6-1-2-7-23/h3,5,9-13,19,23,25H,1-2,4,6-8,14-18,20-21H2,(H,32,36)(H,33,37). The van der Waals surface area contributed by atoms with Gasteiger partial charge in [-0.1, -0.05) is 25.0 Å². The Morgan fingerprint density at radius 3 is 2.25 bits per heavy atom. The number of amides is 4. The Kier molecular flexibility index (Phi) is 9.11. The second-order valence-electron chi connectivity index (χ2n) is 11.0. The van der Waals surface area contributed by atoms with E-state index in [4.69, 9.17) is 4.74 Å². The van der Waals surface area contributed by atoms with E-state index in [1.165, 1.54) is 0 Å². The number of ether oxygens (including phenoxy) is 1. The lowest BCUT2D eigenvalue weighted by Gasteiger charge is -2.33. The van der Waals surface area contributed by atoms with Gasteiger partial charge in [0, 0.05) is 49.0 Å². The number of anilines is 2. The van der Waals surface area contributed by atoms with Crippen LogP contribution < -0.4 is 10.6 Å². The third-order valence-electron chi connectivity index (χ3n) is 8.08. The van der Waals surface area contributed by atoms with Crippen LogP contribution in [0.5, 0.6) is 0 Å². The smallest absolute Gasteiger partial charge is 0.254 e. The van der Waals surface area contributed by atoms with Gasteiger partial charge in [-0.25, -0.2) is 0 Å². The first-order chi connectivity index (χ1) is 19.5. The van der Waals surface area contributed by atoms with Crippen LogP contribution in [0.3, 0.4) is 0 Å². The summed E-state index contributed by atoms with van der Waals surface area (Å²) in [6.07, 6.45) is 5.90. The molecule has 2 saturated heterocycles. The molecule has 40 heavy (non-hydrogen) atoms. The molecule has 2 N–H and O–H groups in total. The normalized spacial score (nSPS) is 19.8. The van der Waals surface area contributed by atoms with Crippen LogP contribution in [-0.2, 0) is 25.5 Å². The zero-order valence-electron chi connectivity index (χ0n) is 22.9. The van der Waals surface area contributed by atoms with Gasteiger partial charge in [-0.05, 0) is 67.6 Å². The summed E-state index contributed by atoms with van der Waals surface area (Å²) in [4.78, 5) is 54.9. The first kappa shape index (κ1) is 27.8. The maximum absolute atomic E-state index is 13.0. The Hall–Kier alpha value is -3.72. The van der Waals surface area contributed by atoms with E-state index in [0.717, 1.165) is 50.6 Å². The molecule has 1 atom stereocenters. The Balaban J connectivity index is 1.12. The summed E-state index contributed by atoms with van der Waals surface area (Å²) in [5.41, 5.74) is 2.60. The highest BCUT2D eigenvalue weighted by Gasteiger charge is 2.33. The van der Waals surface area contributed by atoms with Crippen molar-refractivity contribution >= 4 is 35.0 Å². The number of nitrogens with one attached hydrogen (secondary N) is 2. The Morgan fingerprint density at radius 2 is 1.50 bits per heavy atom. The van der Waals surface area contributed by atoms with E-state index in [1.54, 1.807) is 29.2 Å². The third kappa shape index (κ3) is 7.07. The van der Waals surface area contributed by atoms with Gasteiger partial charge in [0.1, 0.15) is 0 Å². The number of rotatable bonds is 7. The second kappa shape index (κ2) is 13.1. The molecule has 0 aromatic heterocycles. The molecular weight excluding hydrogens is 508 g/mol. The second-order valence-corrected chi connectivity index (χ2v) is 11.0. The van der Waals surface area contributed by atoms with Crippen LogP contribution in [0.25, 0.3) is 0 Å². The third-order valence-corrected chi connectivity index (χ3v) is 8.08. The van der Waals surface area contributed by atoms with E-state index in [9.17, 15) is 19.2 Å². The maximum atomic E-state index is 13.0. The molecule has 2 aromatic carbocycles. The molecule has 1 aliphatic carbocycles. The maximum Gasteiger partial charge on any atom is 0.254 e. The molecule has 9 heteroatoms. The van der Waals surface area contributed by atoms with Crippen molar-refractivity contribution in [3.8, 4) is 0 Å². The molecule has 212 valence electrons. The molecule has 0 bridgehead atoms. The molecule has 3 aliphatic rings. The highest BCUT2D eigenvalue weighted by atomic mass is 16.5. The molecule has 9 nitrogen and oxygen atoms in total. The van der Waals surface area contributed by atoms with Gasteiger partial charge in [-0.2, -0.15) is 0 Å². The molecule has 2 aliphatic heterocycles. The lowest BCUT2D eigenvalue weighted by Crippen LogP contribution is -2.45. The van der Waals surface area contributed by atoms with Crippen molar-refractivity contribution in [2.45, 2.75) is 44.9 Å². The van der Waals surface area contributed by atoms with Crippen molar-refractivity contribution in [3.05, 3.63) is 59.7 Å². The van der Waals surface area contributed by atoms with E-state index < -0.39 is 0 Å². The molecule has 2 aromatic rings. The van der Waals surface area contributed by atoms with Gasteiger partial charge in [-0.3, -0.25) is 19.2 Å². The number of benzene rings is 2. The number of carbonyl (C=O) groups is 4. The fourth-order valence-corrected chi connectivity index (χ4v) is 5.86. The number of morpholine rings is 1. The average Bonchev–Trinajstić information content (AvgIpc) is 3.53. The number of carbonyl (C=O) groups excluding carboxylic acids is 4. The largest absolute Gasteiger partial charge is 0.378 e. The summed E-state index contributed by atoms with van der Waals surface area (Å²) in [5.74, 6) is -0.214. The van der Waals surface area contributed by atoms with Gasteiger partial charge in [0.15, 0.2) is 0 Å². The SMILES string of the molecule is O=C(Cc1cccc(NC(=O)C2CCCN(C(=O)C3CCCC3)C2)c1)Nc1ccc(C(=O)N2CCOCC2)cc1. The van der Waals surface area contributed by atoms with Crippen molar-refractivity contribution in [2.75, 3.05) is 50.0 Å².